The molecule has 0 saturated heterocycles. The van der Waals surface area contributed by atoms with Gasteiger partial charge in [0.15, 0.2) is 5.43 Å². The molecule has 0 bridgehead atoms. The van der Waals surface area contributed by atoms with Crippen LogP contribution in [-0.4, -0.2) is 24.1 Å². The van der Waals surface area contributed by atoms with Crippen molar-refractivity contribution >= 4 is 86.7 Å². The Kier molecular flexibility index (Phi) is 6.08. The number of hydrogen-bond donors (Lipinski definition) is 0. The van der Waals surface area contributed by atoms with Gasteiger partial charge in [0.25, 0.3) is 0 Å². The highest BCUT2D eigenvalue weighted by atomic mass is 16.1. The predicted octanol–water partition coefficient (Wildman–Crippen LogP) is 9.78. The van der Waals surface area contributed by atoms with Gasteiger partial charge in [-0.1, -0.05) is 91.0 Å². The molecule has 8 aromatic carbocycles. The first-order valence-corrected chi connectivity index (χ1v) is 17.4. The van der Waals surface area contributed by atoms with Gasteiger partial charge in [-0.2, -0.15) is 25.5 Å². The number of aromatic nitrogens is 5. The molecular formula is C46H23N7O. The van der Waals surface area contributed by atoms with Gasteiger partial charge in [0.1, 0.15) is 12.1 Å². The van der Waals surface area contributed by atoms with E-state index in [4.69, 9.17) is 0 Å². The number of pyridine rings is 1. The monoisotopic (exact) mass is 689 g/mol. The molecule has 0 radical (unpaired) electrons. The molecule has 0 atom stereocenters. The molecule has 0 aliphatic rings. The minimum absolute atomic E-state index is 0.0776. The van der Waals surface area contributed by atoms with Crippen molar-refractivity contribution in [2.45, 2.75) is 0 Å². The molecular weight excluding hydrogens is 667 g/mol. The summed E-state index contributed by atoms with van der Waals surface area (Å²) < 4.78 is 4.02. The fourth-order valence-electron chi connectivity index (χ4n) is 8.32. The lowest BCUT2D eigenvalue weighted by Gasteiger charge is -2.16. The quantitative estimate of drug-likeness (QED) is 0.132. The molecule has 11 aromatic rings. The molecule has 0 fully saturated rings. The average molecular weight is 690 g/mol. The lowest BCUT2D eigenvalue weighted by molar-refractivity contribution is 0.904. The van der Waals surface area contributed by atoms with Crippen molar-refractivity contribution in [3.8, 4) is 23.8 Å². The van der Waals surface area contributed by atoms with E-state index in [0.717, 1.165) is 59.8 Å². The topological polar surface area (TPSA) is 113 Å². The zero-order valence-electron chi connectivity index (χ0n) is 28.3. The second-order valence-electron chi connectivity index (χ2n) is 13.5. The summed E-state index contributed by atoms with van der Waals surface area (Å²) in [6, 6.07) is 51.4. The van der Waals surface area contributed by atoms with Crippen molar-refractivity contribution in [3.05, 3.63) is 161 Å². The van der Waals surface area contributed by atoms with Gasteiger partial charge in [-0.05, 0) is 91.6 Å². The number of hydrogen-bond acceptors (Lipinski definition) is 6. The van der Waals surface area contributed by atoms with E-state index in [9.17, 15) is 15.3 Å². The summed E-state index contributed by atoms with van der Waals surface area (Å²) in [4.78, 5) is 27.8. The average Bonchev–Trinajstić information content (AvgIpc) is 3.54. The van der Waals surface area contributed by atoms with Crippen molar-refractivity contribution in [3.63, 3.8) is 0 Å². The van der Waals surface area contributed by atoms with Crippen molar-refractivity contribution in [2.24, 2.45) is 0 Å². The Hall–Kier alpha value is -7.94. The van der Waals surface area contributed by atoms with Gasteiger partial charge in [-0.15, -0.1) is 0 Å². The molecule has 0 aliphatic carbocycles. The maximum absolute atomic E-state index is 14.8. The first-order valence-electron chi connectivity index (χ1n) is 17.4. The van der Waals surface area contributed by atoms with E-state index in [0.29, 0.717) is 21.8 Å². The summed E-state index contributed by atoms with van der Waals surface area (Å²) in [6.07, 6.45) is 0. The lowest BCUT2D eigenvalue weighted by atomic mass is 9.93. The van der Waals surface area contributed by atoms with Crippen LogP contribution in [0.1, 0.15) is 11.6 Å². The second-order valence-corrected chi connectivity index (χ2v) is 13.5. The third kappa shape index (κ3) is 4.11. The number of rotatable bonds is 2. The molecule has 0 unspecified atom stereocenters. The van der Waals surface area contributed by atoms with E-state index in [1.54, 1.807) is 4.57 Å². The van der Waals surface area contributed by atoms with E-state index in [2.05, 4.69) is 92.3 Å². The number of para-hydroxylation sites is 1. The fraction of sp³-hybridized carbons (Fsp3) is 0. The zero-order valence-corrected chi connectivity index (χ0v) is 28.3. The van der Waals surface area contributed by atoms with E-state index >= 15 is 0 Å². The van der Waals surface area contributed by atoms with Crippen LogP contribution < -0.4 is 5.43 Å². The number of benzene rings is 8. The summed E-state index contributed by atoms with van der Waals surface area (Å²) in [5.41, 5.74) is 3.77. The van der Waals surface area contributed by atoms with Gasteiger partial charge in [-0.3, -0.25) is 9.36 Å². The highest BCUT2D eigenvalue weighted by Crippen LogP contribution is 2.42. The Labute approximate surface area is 305 Å². The van der Waals surface area contributed by atoms with Crippen LogP contribution in [0.4, 0.5) is 0 Å². The van der Waals surface area contributed by atoms with Crippen LogP contribution in [0, 0.1) is 22.7 Å². The molecule has 8 heteroatoms. The number of fused-ring (bicyclic) bond motifs is 12. The Bertz CT molecular complexity index is 3580. The van der Waals surface area contributed by atoms with Gasteiger partial charge in [0.05, 0.1) is 22.1 Å². The van der Waals surface area contributed by atoms with Gasteiger partial charge in [0.2, 0.25) is 17.6 Å². The Balaban J connectivity index is 1.38. The largest absolute Gasteiger partial charge is 0.309 e. The highest BCUT2D eigenvalue weighted by molar-refractivity contribution is 6.29. The SMILES string of the molecule is N#Cc1nc(C#N)nc(-n2c3cc4ccccc4cc3c(=O)c3cc4c5cc6c7ccccc7c7ccccc7c6cc5n(-c5ccccc5)c4cc32)n1. The Morgan fingerprint density at radius 2 is 0.870 bits per heavy atom. The molecule has 54 heavy (non-hydrogen) atoms. The summed E-state index contributed by atoms with van der Waals surface area (Å²) in [5.74, 6) is -0.306. The van der Waals surface area contributed by atoms with E-state index in [1.807, 2.05) is 78.9 Å². The predicted molar refractivity (Wildman–Crippen MR) is 214 cm³/mol. The minimum Gasteiger partial charge on any atom is -0.309 e. The van der Waals surface area contributed by atoms with Crippen LogP contribution in [0.2, 0.25) is 0 Å². The van der Waals surface area contributed by atoms with Crippen LogP contribution in [0.15, 0.2) is 144 Å². The van der Waals surface area contributed by atoms with Crippen molar-refractivity contribution in [1.82, 2.24) is 24.1 Å². The summed E-state index contributed by atoms with van der Waals surface area (Å²) in [5, 5.41) is 31.4. The number of nitrogens with zero attached hydrogens (tertiary/aromatic N) is 7. The molecule has 0 N–H and O–H groups in total. The van der Waals surface area contributed by atoms with Crippen molar-refractivity contribution in [1.29, 1.82) is 10.5 Å². The van der Waals surface area contributed by atoms with Crippen molar-refractivity contribution in [2.75, 3.05) is 0 Å². The summed E-state index contributed by atoms with van der Waals surface area (Å²) >= 11 is 0. The maximum atomic E-state index is 14.8. The van der Waals surface area contributed by atoms with Crippen LogP contribution in [0.25, 0.3) is 98.3 Å². The van der Waals surface area contributed by atoms with Crippen LogP contribution in [0.3, 0.4) is 0 Å². The van der Waals surface area contributed by atoms with E-state index < -0.39 is 0 Å². The van der Waals surface area contributed by atoms with Crippen LogP contribution in [-0.2, 0) is 0 Å². The molecule has 3 heterocycles. The Morgan fingerprint density at radius 1 is 0.407 bits per heavy atom. The van der Waals surface area contributed by atoms with Gasteiger partial charge >= 0.3 is 0 Å². The van der Waals surface area contributed by atoms with Crippen molar-refractivity contribution < 1.29 is 0 Å². The normalized spacial score (nSPS) is 11.7. The minimum atomic E-state index is -0.192. The lowest BCUT2D eigenvalue weighted by Crippen LogP contribution is -2.14. The fourth-order valence-corrected chi connectivity index (χ4v) is 8.32. The molecule has 11 rings (SSSR count). The maximum Gasteiger partial charge on any atom is 0.240 e. The van der Waals surface area contributed by atoms with Gasteiger partial charge < -0.3 is 4.57 Å². The summed E-state index contributed by atoms with van der Waals surface area (Å²) in [6.45, 7) is 0. The van der Waals surface area contributed by atoms with Crippen LogP contribution in [0.5, 0.6) is 0 Å². The van der Waals surface area contributed by atoms with Gasteiger partial charge in [0, 0.05) is 27.2 Å². The first kappa shape index (κ1) is 29.8. The smallest absolute Gasteiger partial charge is 0.240 e. The van der Waals surface area contributed by atoms with Gasteiger partial charge in [-0.25, -0.2) is 0 Å². The molecule has 0 saturated carbocycles. The zero-order chi connectivity index (χ0) is 36.1. The highest BCUT2D eigenvalue weighted by Gasteiger charge is 2.22. The van der Waals surface area contributed by atoms with E-state index in [1.165, 1.54) is 10.8 Å². The third-order valence-corrected chi connectivity index (χ3v) is 10.6. The third-order valence-electron chi connectivity index (χ3n) is 10.6. The van der Waals surface area contributed by atoms with E-state index in [-0.39, 0.29) is 23.0 Å². The number of nitriles is 2. The standard InChI is InChI=1S/C46H23N7O/c47-24-43-49-44(25-48)51-46(50-43)53-39-19-27-11-5-4-10-26(27)18-37(39)45(54)38-21-36-35-20-33-31-16-8-6-14-29(31)30-15-7-9-17-32(30)34(33)22-40(35)52(41(36)23-42(38)53)28-12-2-1-3-13-28/h1-23H. The molecule has 0 spiro atoms. The molecule has 3 aromatic heterocycles. The molecule has 8 nitrogen and oxygen atoms in total. The molecule has 0 aliphatic heterocycles. The molecule has 248 valence electrons. The summed E-state index contributed by atoms with van der Waals surface area (Å²) in [7, 11) is 0. The molecule has 0 amide bonds. The Morgan fingerprint density at radius 3 is 1.50 bits per heavy atom. The van der Waals surface area contributed by atoms with Crippen LogP contribution >= 0.6 is 0 Å². The second kappa shape index (κ2) is 11.0. The first-order chi connectivity index (χ1) is 26.6.